The summed E-state index contributed by atoms with van der Waals surface area (Å²) in [6, 6.07) is 4.24. The minimum atomic E-state index is 0.200. The van der Waals surface area contributed by atoms with Gasteiger partial charge in [-0.15, -0.1) is 0 Å². The Hall–Kier alpha value is -2.27. The molecule has 1 N–H and O–H groups in total. The Labute approximate surface area is 111 Å². The number of pyridine rings is 1. The van der Waals surface area contributed by atoms with Gasteiger partial charge >= 0.3 is 0 Å². The maximum atomic E-state index is 4.35. The van der Waals surface area contributed by atoms with Crippen LogP contribution in [0, 0.1) is 0 Å². The highest BCUT2D eigenvalue weighted by molar-refractivity contribution is 5.53. The molecule has 3 aromatic rings. The molecule has 0 saturated carbocycles. The van der Waals surface area contributed by atoms with Gasteiger partial charge in [0.05, 0.1) is 17.9 Å². The highest BCUT2D eigenvalue weighted by atomic mass is 15.2. The first-order valence-corrected chi connectivity index (χ1v) is 6.22. The van der Waals surface area contributed by atoms with Crippen molar-refractivity contribution in [2.45, 2.75) is 12.5 Å². The summed E-state index contributed by atoms with van der Waals surface area (Å²) < 4.78 is 1.84. The van der Waals surface area contributed by atoms with E-state index in [1.807, 2.05) is 42.4 Å². The highest BCUT2D eigenvalue weighted by Crippen LogP contribution is 2.21. The SMILES string of the molecule is CNC(Cc1cccnc1)c1cnn2ccncc12. The van der Waals surface area contributed by atoms with E-state index in [1.165, 1.54) is 5.56 Å². The molecule has 0 bridgehead atoms. The Kier molecular flexibility index (Phi) is 3.20. The third-order valence-corrected chi connectivity index (χ3v) is 3.24. The molecule has 0 radical (unpaired) electrons. The summed E-state index contributed by atoms with van der Waals surface area (Å²) >= 11 is 0. The number of hydrogen-bond acceptors (Lipinski definition) is 4. The molecular weight excluding hydrogens is 238 g/mol. The molecule has 5 heteroatoms. The Bertz CT molecular complexity index is 662. The van der Waals surface area contributed by atoms with Crippen LogP contribution in [0.1, 0.15) is 17.2 Å². The van der Waals surface area contributed by atoms with Crippen LogP contribution in [0.25, 0.3) is 5.52 Å². The molecule has 3 heterocycles. The zero-order chi connectivity index (χ0) is 13.1. The molecule has 3 rings (SSSR count). The summed E-state index contributed by atoms with van der Waals surface area (Å²) in [6.07, 6.45) is 11.9. The number of hydrogen-bond donors (Lipinski definition) is 1. The number of likely N-dealkylation sites (N-methyl/N-ethyl adjacent to an activating group) is 1. The van der Waals surface area contributed by atoms with Crippen LogP contribution in [0.3, 0.4) is 0 Å². The van der Waals surface area contributed by atoms with Gasteiger partial charge in [-0.25, -0.2) is 4.52 Å². The molecule has 1 unspecified atom stereocenters. The first-order chi connectivity index (χ1) is 9.38. The van der Waals surface area contributed by atoms with Gasteiger partial charge in [-0.1, -0.05) is 6.07 Å². The summed E-state index contributed by atoms with van der Waals surface area (Å²) in [4.78, 5) is 8.32. The number of rotatable bonds is 4. The largest absolute Gasteiger partial charge is 0.313 e. The van der Waals surface area contributed by atoms with E-state index in [4.69, 9.17) is 0 Å². The van der Waals surface area contributed by atoms with E-state index >= 15 is 0 Å². The summed E-state index contributed by atoms with van der Waals surface area (Å²) in [5.74, 6) is 0. The Morgan fingerprint density at radius 3 is 2.89 bits per heavy atom. The Morgan fingerprint density at radius 2 is 2.11 bits per heavy atom. The molecule has 0 amide bonds. The van der Waals surface area contributed by atoms with Crippen molar-refractivity contribution in [3.05, 3.63) is 60.4 Å². The first kappa shape index (κ1) is 11.8. The fraction of sp³-hybridized carbons (Fsp3) is 0.214. The minimum Gasteiger partial charge on any atom is -0.313 e. The number of fused-ring (bicyclic) bond motifs is 1. The van der Waals surface area contributed by atoms with Crippen LogP contribution in [0.4, 0.5) is 0 Å². The van der Waals surface area contributed by atoms with Crippen LogP contribution in [0.2, 0.25) is 0 Å². The molecular formula is C14H15N5. The van der Waals surface area contributed by atoms with Gasteiger partial charge in [-0.05, 0) is 25.1 Å². The van der Waals surface area contributed by atoms with Crippen molar-refractivity contribution in [1.82, 2.24) is 24.9 Å². The monoisotopic (exact) mass is 253 g/mol. The summed E-state index contributed by atoms with van der Waals surface area (Å²) in [5.41, 5.74) is 3.38. The number of aromatic nitrogens is 4. The van der Waals surface area contributed by atoms with Crippen LogP contribution in [-0.2, 0) is 6.42 Å². The first-order valence-electron chi connectivity index (χ1n) is 6.22. The van der Waals surface area contributed by atoms with Gasteiger partial charge in [0.15, 0.2) is 0 Å². The van der Waals surface area contributed by atoms with Crippen molar-refractivity contribution in [3.63, 3.8) is 0 Å². The second kappa shape index (κ2) is 5.16. The van der Waals surface area contributed by atoms with E-state index in [0.29, 0.717) is 0 Å². The molecule has 0 aliphatic carbocycles. The molecule has 0 saturated heterocycles. The fourth-order valence-electron chi connectivity index (χ4n) is 2.24. The lowest BCUT2D eigenvalue weighted by Crippen LogP contribution is -2.18. The van der Waals surface area contributed by atoms with Gasteiger partial charge in [-0.2, -0.15) is 5.10 Å². The number of nitrogens with zero attached hydrogens (tertiary/aromatic N) is 4. The molecule has 19 heavy (non-hydrogen) atoms. The standard InChI is InChI=1S/C14H15N5/c1-15-13(7-11-3-2-4-16-8-11)12-9-18-19-6-5-17-10-14(12)19/h2-6,8-10,13,15H,7H2,1H3. The number of nitrogens with one attached hydrogen (secondary N) is 1. The molecule has 0 fully saturated rings. The average Bonchev–Trinajstić information content (AvgIpc) is 2.90. The van der Waals surface area contributed by atoms with Crippen LogP contribution in [-0.4, -0.2) is 26.6 Å². The molecule has 5 nitrogen and oxygen atoms in total. The lowest BCUT2D eigenvalue weighted by Gasteiger charge is -2.14. The lowest BCUT2D eigenvalue weighted by molar-refractivity contribution is 0.595. The molecule has 0 aliphatic heterocycles. The zero-order valence-electron chi connectivity index (χ0n) is 10.7. The minimum absolute atomic E-state index is 0.200. The Morgan fingerprint density at radius 1 is 1.21 bits per heavy atom. The summed E-state index contributed by atoms with van der Waals surface area (Å²) in [5, 5.41) is 7.69. The molecule has 0 aromatic carbocycles. The third-order valence-electron chi connectivity index (χ3n) is 3.24. The fourth-order valence-corrected chi connectivity index (χ4v) is 2.24. The van der Waals surface area contributed by atoms with Gasteiger partial charge in [-0.3, -0.25) is 9.97 Å². The summed E-state index contributed by atoms with van der Waals surface area (Å²) in [6.45, 7) is 0. The lowest BCUT2D eigenvalue weighted by atomic mass is 10.0. The molecule has 3 aromatic heterocycles. The second-order valence-electron chi connectivity index (χ2n) is 4.41. The van der Waals surface area contributed by atoms with Crippen LogP contribution in [0.5, 0.6) is 0 Å². The van der Waals surface area contributed by atoms with Crippen LogP contribution in [0.15, 0.2) is 49.3 Å². The van der Waals surface area contributed by atoms with Crippen molar-refractivity contribution in [3.8, 4) is 0 Å². The second-order valence-corrected chi connectivity index (χ2v) is 4.41. The quantitative estimate of drug-likeness (QED) is 0.767. The van der Waals surface area contributed by atoms with Gasteiger partial charge in [0, 0.05) is 36.4 Å². The van der Waals surface area contributed by atoms with Crippen molar-refractivity contribution < 1.29 is 0 Å². The average molecular weight is 253 g/mol. The third kappa shape index (κ3) is 2.32. The normalized spacial score (nSPS) is 12.7. The smallest absolute Gasteiger partial charge is 0.0892 e. The van der Waals surface area contributed by atoms with E-state index in [9.17, 15) is 0 Å². The van der Waals surface area contributed by atoms with Crippen LogP contribution >= 0.6 is 0 Å². The van der Waals surface area contributed by atoms with Crippen molar-refractivity contribution in [1.29, 1.82) is 0 Å². The highest BCUT2D eigenvalue weighted by Gasteiger charge is 2.15. The van der Waals surface area contributed by atoms with Crippen molar-refractivity contribution in [2.75, 3.05) is 7.05 Å². The van der Waals surface area contributed by atoms with Gasteiger partial charge < -0.3 is 5.32 Å². The topological polar surface area (TPSA) is 55.1 Å². The van der Waals surface area contributed by atoms with E-state index in [2.05, 4.69) is 26.4 Å². The predicted molar refractivity (Wildman–Crippen MR) is 72.7 cm³/mol. The van der Waals surface area contributed by atoms with E-state index < -0.39 is 0 Å². The Balaban J connectivity index is 1.94. The predicted octanol–water partition coefficient (Wildman–Crippen LogP) is 1.63. The van der Waals surface area contributed by atoms with E-state index in [0.717, 1.165) is 17.5 Å². The molecule has 0 spiro atoms. The van der Waals surface area contributed by atoms with Gasteiger partial charge in [0.2, 0.25) is 0 Å². The van der Waals surface area contributed by atoms with Crippen molar-refractivity contribution in [2.24, 2.45) is 0 Å². The summed E-state index contributed by atoms with van der Waals surface area (Å²) in [7, 11) is 1.96. The molecule has 0 aliphatic rings. The maximum absolute atomic E-state index is 4.35. The zero-order valence-corrected chi connectivity index (χ0v) is 10.7. The van der Waals surface area contributed by atoms with E-state index in [1.54, 1.807) is 12.4 Å². The maximum Gasteiger partial charge on any atom is 0.0892 e. The van der Waals surface area contributed by atoms with Crippen LogP contribution < -0.4 is 5.32 Å². The molecule has 96 valence electrons. The van der Waals surface area contributed by atoms with Gasteiger partial charge in [0.1, 0.15) is 0 Å². The van der Waals surface area contributed by atoms with Crippen molar-refractivity contribution >= 4 is 5.52 Å². The molecule has 1 atom stereocenters. The van der Waals surface area contributed by atoms with Gasteiger partial charge in [0.25, 0.3) is 0 Å². The van der Waals surface area contributed by atoms with E-state index in [-0.39, 0.29) is 6.04 Å².